The van der Waals surface area contributed by atoms with Crippen LogP contribution >= 0.6 is 0 Å². The third-order valence-corrected chi connectivity index (χ3v) is 4.40. The molecule has 1 atom stereocenters. The van der Waals surface area contributed by atoms with Gasteiger partial charge in [-0.1, -0.05) is 0 Å². The molecule has 1 fully saturated rings. The lowest BCUT2D eigenvalue weighted by atomic mass is 10.1. The van der Waals surface area contributed by atoms with Gasteiger partial charge in [0.2, 0.25) is 4.75 Å². The lowest BCUT2D eigenvalue weighted by Crippen LogP contribution is -2.48. The van der Waals surface area contributed by atoms with Gasteiger partial charge in [-0.15, -0.1) is 0 Å². The van der Waals surface area contributed by atoms with Crippen molar-refractivity contribution in [3.05, 3.63) is 0 Å². The molecule has 1 aliphatic heterocycles. The Bertz CT molecular complexity index is 540. The van der Waals surface area contributed by atoms with E-state index in [0.717, 1.165) is 0 Å². The first-order valence-corrected chi connectivity index (χ1v) is 6.70. The molecule has 2 N–H and O–H groups in total. The summed E-state index contributed by atoms with van der Waals surface area (Å²) >= 11 is 0. The van der Waals surface area contributed by atoms with Crippen LogP contribution in [0.25, 0.3) is 0 Å². The van der Waals surface area contributed by atoms with Gasteiger partial charge < -0.3 is 4.74 Å². The number of hydrogen-bond donors (Lipinski definition) is 2. The van der Waals surface area contributed by atoms with Crippen LogP contribution in [0.2, 0.25) is 0 Å². The Morgan fingerprint density at radius 1 is 1.19 bits per heavy atom. The van der Waals surface area contributed by atoms with E-state index in [2.05, 4.69) is 4.74 Å². The van der Waals surface area contributed by atoms with E-state index in [4.69, 9.17) is 9.11 Å². The zero-order valence-corrected chi connectivity index (χ0v) is 9.12. The molecule has 1 aliphatic rings. The number of esters is 2. The monoisotopic (exact) mass is 274 g/mol. The number of ether oxygens (including phenoxy) is 1. The molecule has 0 aromatic rings. The molecule has 9 nitrogen and oxygen atoms in total. The van der Waals surface area contributed by atoms with E-state index in [-0.39, 0.29) is 0 Å². The summed E-state index contributed by atoms with van der Waals surface area (Å²) in [5.74, 6) is -4.66. The predicted molar refractivity (Wildman–Crippen MR) is 46.4 cm³/mol. The highest BCUT2D eigenvalue weighted by atomic mass is 32.2. The van der Waals surface area contributed by atoms with Crippen LogP contribution in [0.4, 0.5) is 0 Å². The highest BCUT2D eigenvalue weighted by Crippen LogP contribution is 2.31. The van der Waals surface area contributed by atoms with Crippen LogP contribution in [0, 0.1) is 0 Å². The molecule has 1 rings (SSSR count). The maximum absolute atomic E-state index is 11.1. The number of carbonyl (C=O) groups is 2. The van der Waals surface area contributed by atoms with Crippen molar-refractivity contribution in [3.8, 4) is 0 Å². The lowest BCUT2D eigenvalue weighted by Gasteiger charge is -2.17. The van der Waals surface area contributed by atoms with Crippen molar-refractivity contribution < 1.29 is 40.3 Å². The highest BCUT2D eigenvalue weighted by Gasteiger charge is 2.61. The summed E-state index contributed by atoms with van der Waals surface area (Å²) in [4.78, 5) is 21.8. The fourth-order valence-corrected chi connectivity index (χ4v) is 3.62. The number of cyclic esters (lactones) is 2. The summed E-state index contributed by atoms with van der Waals surface area (Å²) in [7, 11) is -10.1. The smallest absolute Gasteiger partial charge is 0.339 e. The molecule has 0 radical (unpaired) electrons. The second kappa shape index (κ2) is 3.48. The molecule has 16 heavy (non-hydrogen) atoms. The second-order valence-electron chi connectivity index (χ2n) is 3.13. The Kier molecular flexibility index (Phi) is 2.83. The Balaban J connectivity index is 3.37. The summed E-state index contributed by atoms with van der Waals surface area (Å²) in [6.07, 6.45) is -1.16. The SMILES string of the molecule is O=C1CC(CS(=O)(=O)O)(S(=O)(=O)O)C(=O)O1. The molecule has 11 heteroatoms. The molecule has 0 aromatic heterocycles. The van der Waals surface area contributed by atoms with Crippen LogP contribution in [-0.4, -0.2) is 48.4 Å². The molecule has 0 saturated carbocycles. The number of hydrogen-bond acceptors (Lipinski definition) is 7. The zero-order valence-electron chi connectivity index (χ0n) is 7.48. The van der Waals surface area contributed by atoms with E-state index in [9.17, 15) is 26.4 Å². The third-order valence-electron chi connectivity index (χ3n) is 1.92. The molecule has 92 valence electrons. The van der Waals surface area contributed by atoms with E-state index < -0.39 is 49.1 Å². The minimum absolute atomic E-state index is 1.16. The van der Waals surface area contributed by atoms with Crippen LogP contribution in [0.1, 0.15) is 6.42 Å². The van der Waals surface area contributed by atoms with Gasteiger partial charge in [0.1, 0.15) is 5.75 Å². The predicted octanol–water partition coefficient (Wildman–Crippen LogP) is -2.03. The number of rotatable bonds is 3. The van der Waals surface area contributed by atoms with Gasteiger partial charge in [0.25, 0.3) is 20.2 Å². The van der Waals surface area contributed by atoms with Crippen molar-refractivity contribution in [1.82, 2.24) is 0 Å². The van der Waals surface area contributed by atoms with E-state index in [0.29, 0.717) is 0 Å². The molecule has 0 bridgehead atoms. The van der Waals surface area contributed by atoms with Crippen LogP contribution in [-0.2, 0) is 34.6 Å². The van der Waals surface area contributed by atoms with Gasteiger partial charge in [0.05, 0.1) is 6.42 Å². The van der Waals surface area contributed by atoms with Gasteiger partial charge in [-0.3, -0.25) is 13.9 Å². The van der Waals surface area contributed by atoms with Gasteiger partial charge >= 0.3 is 11.9 Å². The molecule has 0 aromatic carbocycles. The normalized spacial score (nSPS) is 26.9. The van der Waals surface area contributed by atoms with E-state index in [1.165, 1.54) is 0 Å². The Hall–Kier alpha value is -1.04. The van der Waals surface area contributed by atoms with Gasteiger partial charge in [0.15, 0.2) is 0 Å². The molecular weight excluding hydrogens is 268 g/mol. The van der Waals surface area contributed by atoms with Crippen LogP contribution in [0.3, 0.4) is 0 Å². The molecule has 0 aliphatic carbocycles. The standard InChI is InChI=1S/C5H6O9S2/c6-3-1-5(4(7)14-3,16(11,12)13)2-15(8,9)10/h1-2H2,(H,8,9,10)(H,11,12,13). The van der Waals surface area contributed by atoms with Crippen LogP contribution in [0.5, 0.6) is 0 Å². The zero-order chi connectivity index (χ0) is 12.8. The van der Waals surface area contributed by atoms with Gasteiger partial charge in [-0.25, -0.2) is 4.79 Å². The van der Waals surface area contributed by atoms with E-state index in [1.54, 1.807) is 0 Å². The summed E-state index contributed by atoms with van der Waals surface area (Å²) in [5, 5.41) is 0. The first-order valence-electron chi connectivity index (χ1n) is 3.65. The van der Waals surface area contributed by atoms with Crippen molar-refractivity contribution in [1.29, 1.82) is 0 Å². The van der Waals surface area contributed by atoms with Crippen molar-refractivity contribution >= 4 is 32.2 Å². The molecule has 0 amide bonds. The Morgan fingerprint density at radius 2 is 1.69 bits per heavy atom. The number of carbonyl (C=O) groups excluding carboxylic acids is 2. The summed E-state index contributed by atoms with van der Waals surface area (Å²) in [6.45, 7) is 0. The third kappa shape index (κ3) is 2.21. The second-order valence-corrected chi connectivity index (χ2v) is 6.32. The summed E-state index contributed by atoms with van der Waals surface area (Å²) < 4.78 is 61.1. The quantitative estimate of drug-likeness (QED) is 0.337. The van der Waals surface area contributed by atoms with Gasteiger partial charge in [-0.05, 0) is 0 Å². The Morgan fingerprint density at radius 3 is 1.94 bits per heavy atom. The fraction of sp³-hybridized carbons (Fsp3) is 0.600. The van der Waals surface area contributed by atoms with Gasteiger partial charge in [-0.2, -0.15) is 16.8 Å². The van der Waals surface area contributed by atoms with Crippen molar-refractivity contribution in [2.45, 2.75) is 11.2 Å². The molecule has 1 saturated heterocycles. The molecule has 0 spiro atoms. The maximum atomic E-state index is 11.1. The summed E-state index contributed by atoms with van der Waals surface area (Å²) in [6, 6.07) is 0. The average Bonchev–Trinajstić information content (AvgIpc) is 2.22. The minimum atomic E-state index is -5.21. The Labute approximate surface area is 89.9 Å². The first-order chi connectivity index (χ1) is 6.98. The van der Waals surface area contributed by atoms with Gasteiger partial charge in [0, 0.05) is 0 Å². The van der Waals surface area contributed by atoms with Crippen molar-refractivity contribution in [3.63, 3.8) is 0 Å². The molecule has 1 unspecified atom stereocenters. The topological polar surface area (TPSA) is 152 Å². The molecular formula is C5H6O9S2. The van der Waals surface area contributed by atoms with Crippen LogP contribution < -0.4 is 0 Å². The van der Waals surface area contributed by atoms with Crippen molar-refractivity contribution in [2.24, 2.45) is 0 Å². The fourth-order valence-electron chi connectivity index (χ4n) is 1.21. The van der Waals surface area contributed by atoms with Crippen LogP contribution in [0.15, 0.2) is 0 Å². The average molecular weight is 274 g/mol. The molecule has 1 heterocycles. The van der Waals surface area contributed by atoms with E-state index >= 15 is 0 Å². The largest absolute Gasteiger partial charge is 0.392 e. The highest BCUT2D eigenvalue weighted by molar-refractivity contribution is 7.91. The first kappa shape index (κ1) is 13.0. The maximum Gasteiger partial charge on any atom is 0.339 e. The minimum Gasteiger partial charge on any atom is -0.392 e. The van der Waals surface area contributed by atoms with E-state index in [1.807, 2.05) is 0 Å². The van der Waals surface area contributed by atoms with Crippen molar-refractivity contribution in [2.75, 3.05) is 5.75 Å². The summed E-state index contributed by atoms with van der Waals surface area (Å²) in [5.41, 5.74) is 0. The lowest BCUT2D eigenvalue weighted by molar-refractivity contribution is -0.152.